The molecule has 5 rings (SSSR count). The summed E-state index contributed by atoms with van der Waals surface area (Å²) >= 11 is 2.75. The lowest BCUT2D eigenvalue weighted by molar-refractivity contribution is -0.145. The quantitative estimate of drug-likeness (QED) is 0.303. The molecule has 0 radical (unpaired) electrons. The molecule has 8 heteroatoms. The third-order valence-electron chi connectivity index (χ3n) is 4.63. The second-order valence-electron chi connectivity index (χ2n) is 6.66. The average Bonchev–Trinajstić information content (AvgIpc) is 3.22. The summed E-state index contributed by atoms with van der Waals surface area (Å²) in [4.78, 5) is 33.1. The van der Waals surface area contributed by atoms with Gasteiger partial charge in [0.1, 0.15) is 11.3 Å². The minimum atomic E-state index is -0.506. The summed E-state index contributed by atoms with van der Waals surface area (Å²) in [5.74, 6) is -0.808. The highest BCUT2D eigenvalue weighted by Gasteiger charge is 2.28. The molecule has 1 aliphatic rings. The lowest BCUT2D eigenvalue weighted by Crippen LogP contribution is -2.32. The minimum absolute atomic E-state index is 0.00310. The molecule has 0 spiro atoms. The number of hydrogen-bond donors (Lipinski definition) is 0. The van der Waals surface area contributed by atoms with E-state index in [1.807, 2.05) is 72.8 Å². The fourth-order valence-corrected chi connectivity index (χ4v) is 4.95. The summed E-state index contributed by atoms with van der Waals surface area (Å²) in [6.45, 7) is -0.347. The van der Waals surface area contributed by atoms with E-state index in [1.54, 1.807) is 16.7 Å². The molecular weight excluding hydrogens is 432 g/mol. The Balaban J connectivity index is 1.25. The Kier molecular flexibility index (Phi) is 5.40. The number of carbonyl (C=O) groups excluding carboxylic acids is 2. The van der Waals surface area contributed by atoms with Gasteiger partial charge in [0.05, 0.1) is 11.4 Å². The van der Waals surface area contributed by atoms with E-state index in [0.717, 1.165) is 38.4 Å². The smallest absolute Gasteiger partial charge is 0.316 e. The van der Waals surface area contributed by atoms with Crippen LogP contribution in [0.1, 0.15) is 0 Å². The van der Waals surface area contributed by atoms with E-state index in [-0.39, 0.29) is 18.3 Å². The first-order chi connectivity index (χ1) is 15.2. The molecule has 0 N–H and O–H groups in total. The molecule has 1 aromatic heterocycles. The van der Waals surface area contributed by atoms with E-state index in [1.165, 1.54) is 0 Å². The van der Waals surface area contributed by atoms with E-state index < -0.39 is 5.97 Å². The zero-order valence-corrected chi connectivity index (χ0v) is 17.8. The maximum absolute atomic E-state index is 13.0. The Bertz CT molecular complexity index is 1210. The van der Waals surface area contributed by atoms with Gasteiger partial charge in [0.25, 0.3) is 11.1 Å². The number of amides is 1. The second kappa shape index (κ2) is 8.49. The summed E-state index contributed by atoms with van der Waals surface area (Å²) in [5.41, 5.74) is 2.96. The van der Waals surface area contributed by atoms with Gasteiger partial charge >= 0.3 is 5.97 Å². The van der Waals surface area contributed by atoms with E-state index in [9.17, 15) is 9.59 Å². The zero-order chi connectivity index (χ0) is 21.2. The summed E-state index contributed by atoms with van der Waals surface area (Å²) in [6.07, 6.45) is 0. The SMILES string of the molecule is O=C(CSc1nc2ccccc2o1)OCC(=O)N1c2ccccc2Sc2ccccc21. The molecule has 0 unspecified atom stereocenters. The maximum Gasteiger partial charge on any atom is 0.316 e. The van der Waals surface area contributed by atoms with Crippen molar-refractivity contribution in [3.05, 3.63) is 72.8 Å². The van der Waals surface area contributed by atoms with Crippen molar-refractivity contribution in [2.75, 3.05) is 17.3 Å². The Morgan fingerprint density at radius 1 is 0.935 bits per heavy atom. The Morgan fingerprint density at radius 3 is 2.29 bits per heavy atom. The van der Waals surface area contributed by atoms with Gasteiger partial charge in [-0.25, -0.2) is 4.98 Å². The topological polar surface area (TPSA) is 72.6 Å². The van der Waals surface area contributed by atoms with Crippen molar-refractivity contribution < 1.29 is 18.7 Å². The number of esters is 1. The molecular formula is C23H16N2O4S2. The van der Waals surface area contributed by atoms with Gasteiger partial charge < -0.3 is 9.15 Å². The maximum atomic E-state index is 13.0. The molecule has 0 atom stereocenters. The predicted molar refractivity (Wildman–Crippen MR) is 120 cm³/mol. The Labute approximate surface area is 186 Å². The minimum Gasteiger partial charge on any atom is -0.455 e. The van der Waals surface area contributed by atoms with Gasteiger partial charge in [-0.1, -0.05) is 59.9 Å². The number of carbonyl (C=O) groups is 2. The highest BCUT2D eigenvalue weighted by atomic mass is 32.2. The van der Waals surface area contributed by atoms with Gasteiger partial charge in [-0.2, -0.15) is 0 Å². The van der Waals surface area contributed by atoms with Gasteiger partial charge in [0.15, 0.2) is 12.2 Å². The number of anilines is 2. The molecule has 0 saturated carbocycles. The van der Waals surface area contributed by atoms with Crippen LogP contribution in [0.4, 0.5) is 11.4 Å². The summed E-state index contributed by atoms with van der Waals surface area (Å²) in [7, 11) is 0. The number of nitrogens with zero attached hydrogens (tertiary/aromatic N) is 2. The van der Waals surface area contributed by atoms with Gasteiger partial charge in [-0.15, -0.1) is 0 Å². The fourth-order valence-electron chi connectivity index (χ4n) is 3.26. The first-order valence-corrected chi connectivity index (χ1v) is 11.3. The predicted octanol–water partition coefficient (Wildman–Crippen LogP) is 5.29. The van der Waals surface area contributed by atoms with E-state index in [2.05, 4.69) is 4.98 Å². The normalized spacial score (nSPS) is 12.3. The number of fused-ring (bicyclic) bond motifs is 3. The molecule has 1 aliphatic heterocycles. The number of oxazole rings is 1. The number of para-hydroxylation sites is 4. The molecule has 0 bridgehead atoms. The first-order valence-electron chi connectivity index (χ1n) is 9.52. The molecule has 4 aromatic rings. The highest BCUT2D eigenvalue weighted by Crippen LogP contribution is 2.47. The molecule has 0 fully saturated rings. The van der Waals surface area contributed by atoms with Crippen molar-refractivity contribution >= 4 is 57.9 Å². The van der Waals surface area contributed by atoms with Crippen LogP contribution in [0.15, 0.2) is 92.2 Å². The molecule has 3 aromatic carbocycles. The van der Waals surface area contributed by atoms with Crippen LogP contribution in [0, 0.1) is 0 Å². The number of thioether (sulfide) groups is 1. The standard InChI is InChI=1S/C23H16N2O4S2/c26-21(13-28-22(27)14-30-23-24-15-7-1-4-10-18(15)29-23)25-16-8-2-5-11-19(16)31-20-12-6-3-9-17(20)25/h1-12H,13-14H2. The Hall–Kier alpha value is -3.23. The van der Waals surface area contributed by atoms with Gasteiger partial charge in [-0.05, 0) is 36.4 Å². The van der Waals surface area contributed by atoms with E-state index in [4.69, 9.17) is 9.15 Å². The van der Waals surface area contributed by atoms with Crippen molar-refractivity contribution in [1.82, 2.24) is 4.98 Å². The fraction of sp³-hybridized carbons (Fsp3) is 0.0870. The van der Waals surface area contributed by atoms with Gasteiger partial charge in [-0.3, -0.25) is 14.5 Å². The molecule has 1 amide bonds. The zero-order valence-electron chi connectivity index (χ0n) is 16.2. The van der Waals surface area contributed by atoms with Crippen molar-refractivity contribution in [2.24, 2.45) is 0 Å². The summed E-state index contributed by atoms with van der Waals surface area (Å²) in [5, 5.41) is 0.389. The third kappa shape index (κ3) is 4.04. The number of aromatic nitrogens is 1. The lowest BCUT2D eigenvalue weighted by Gasteiger charge is -2.30. The number of ether oxygens (including phenoxy) is 1. The molecule has 31 heavy (non-hydrogen) atoms. The first kappa shape index (κ1) is 19.7. The molecule has 6 nitrogen and oxygen atoms in total. The van der Waals surface area contributed by atoms with Gasteiger partial charge in [0, 0.05) is 9.79 Å². The lowest BCUT2D eigenvalue weighted by atomic mass is 10.2. The molecule has 0 saturated heterocycles. The monoisotopic (exact) mass is 448 g/mol. The van der Waals surface area contributed by atoms with E-state index in [0.29, 0.717) is 10.8 Å². The van der Waals surface area contributed by atoms with Crippen LogP contribution in [-0.4, -0.2) is 29.2 Å². The number of rotatable bonds is 5. The highest BCUT2D eigenvalue weighted by molar-refractivity contribution is 8.00. The van der Waals surface area contributed by atoms with Crippen molar-refractivity contribution in [1.29, 1.82) is 0 Å². The molecule has 2 heterocycles. The molecule has 154 valence electrons. The van der Waals surface area contributed by atoms with Crippen molar-refractivity contribution in [2.45, 2.75) is 15.0 Å². The largest absolute Gasteiger partial charge is 0.455 e. The summed E-state index contributed by atoms with van der Waals surface area (Å²) in [6, 6.07) is 22.7. The van der Waals surface area contributed by atoms with Crippen LogP contribution >= 0.6 is 23.5 Å². The second-order valence-corrected chi connectivity index (χ2v) is 8.67. The van der Waals surface area contributed by atoms with Crippen LogP contribution in [0.5, 0.6) is 0 Å². The van der Waals surface area contributed by atoms with Crippen molar-refractivity contribution in [3.63, 3.8) is 0 Å². The van der Waals surface area contributed by atoms with Crippen LogP contribution in [0.3, 0.4) is 0 Å². The average molecular weight is 449 g/mol. The number of benzene rings is 3. The summed E-state index contributed by atoms with van der Waals surface area (Å²) < 4.78 is 10.8. The van der Waals surface area contributed by atoms with Crippen LogP contribution in [0.2, 0.25) is 0 Å². The Morgan fingerprint density at radius 2 is 1.58 bits per heavy atom. The van der Waals surface area contributed by atoms with Crippen LogP contribution in [-0.2, 0) is 14.3 Å². The molecule has 0 aliphatic carbocycles. The van der Waals surface area contributed by atoms with Crippen LogP contribution in [0.25, 0.3) is 11.1 Å². The van der Waals surface area contributed by atoms with Crippen LogP contribution < -0.4 is 4.90 Å². The van der Waals surface area contributed by atoms with Crippen molar-refractivity contribution in [3.8, 4) is 0 Å². The van der Waals surface area contributed by atoms with E-state index >= 15 is 0 Å². The number of hydrogen-bond acceptors (Lipinski definition) is 7. The third-order valence-corrected chi connectivity index (χ3v) is 6.56. The van der Waals surface area contributed by atoms with Gasteiger partial charge in [0.2, 0.25) is 0 Å².